The summed E-state index contributed by atoms with van der Waals surface area (Å²) < 4.78 is 5.01. The van der Waals surface area contributed by atoms with Crippen molar-refractivity contribution in [3.05, 3.63) is 0 Å². The highest BCUT2D eigenvalue weighted by Gasteiger charge is 2.15. The number of carbonyl (C=O) groups is 3. The molecule has 0 unspecified atom stereocenters. The van der Waals surface area contributed by atoms with E-state index in [1.54, 1.807) is 20.8 Å². The van der Waals surface area contributed by atoms with Crippen molar-refractivity contribution in [1.29, 1.82) is 0 Å². The molecule has 0 fully saturated rings. The van der Waals surface area contributed by atoms with Crippen LogP contribution in [0.2, 0.25) is 0 Å². The molecule has 3 amide bonds. The molecule has 8 nitrogen and oxygen atoms in total. The Bertz CT molecular complexity index is 379. The second-order valence-electron chi connectivity index (χ2n) is 5.11. The van der Waals surface area contributed by atoms with Gasteiger partial charge in [-0.15, -0.1) is 0 Å². The van der Waals surface area contributed by atoms with E-state index in [0.29, 0.717) is 5.71 Å². The summed E-state index contributed by atoms with van der Waals surface area (Å²) in [5, 5.41) is 8.87. The van der Waals surface area contributed by atoms with E-state index in [4.69, 9.17) is 4.74 Å². The molecular formula is C12H22N4O4. The van der Waals surface area contributed by atoms with Crippen LogP contribution < -0.4 is 16.1 Å². The summed E-state index contributed by atoms with van der Waals surface area (Å²) in [5.74, 6) is -0.476. The molecule has 0 spiro atoms. The van der Waals surface area contributed by atoms with Crippen molar-refractivity contribution in [3.8, 4) is 0 Å². The van der Waals surface area contributed by atoms with Gasteiger partial charge in [-0.1, -0.05) is 0 Å². The smallest absolute Gasteiger partial charge is 0.428 e. The van der Waals surface area contributed by atoms with Gasteiger partial charge in [0, 0.05) is 13.8 Å². The van der Waals surface area contributed by atoms with Gasteiger partial charge in [0.2, 0.25) is 11.8 Å². The van der Waals surface area contributed by atoms with Crippen molar-refractivity contribution < 1.29 is 19.1 Å². The minimum Gasteiger partial charge on any atom is -0.443 e. The summed E-state index contributed by atoms with van der Waals surface area (Å²) in [4.78, 5) is 33.1. The van der Waals surface area contributed by atoms with Crippen molar-refractivity contribution in [3.63, 3.8) is 0 Å². The SMILES string of the molecule is CC(=O)NCC(CNC(C)=O)=NNC(=O)OC(C)(C)C. The van der Waals surface area contributed by atoms with Crippen molar-refractivity contribution in [1.82, 2.24) is 16.1 Å². The maximum Gasteiger partial charge on any atom is 0.428 e. The molecule has 0 aromatic rings. The number of amides is 3. The lowest BCUT2D eigenvalue weighted by atomic mass is 10.2. The van der Waals surface area contributed by atoms with Crippen LogP contribution in [-0.2, 0) is 14.3 Å². The average molecular weight is 286 g/mol. The Labute approximate surface area is 118 Å². The van der Waals surface area contributed by atoms with Gasteiger partial charge in [-0.3, -0.25) is 9.59 Å². The predicted octanol–water partition coefficient (Wildman–Crippen LogP) is 0.139. The van der Waals surface area contributed by atoms with E-state index in [0.717, 1.165) is 0 Å². The zero-order chi connectivity index (χ0) is 15.8. The van der Waals surface area contributed by atoms with Crippen molar-refractivity contribution in [2.45, 2.75) is 40.2 Å². The van der Waals surface area contributed by atoms with Crippen LogP contribution in [0.4, 0.5) is 4.79 Å². The molecule has 0 aromatic heterocycles. The van der Waals surface area contributed by atoms with Crippen molar-refractivity contribution in [2.75, 3.05) is 13.1 Å². The van der Waals surface area contributed by atoms with Gasteiger partial charge in [0.25, 0.3) is 0 Å². The second-order valence-corrected chi connectivity index (χ2v) is 5.11. The minimum atomic E-state index is -0.708. The molecule has 0 aliphatic rings. The van der Waals surface area contributed by atoms with E-state index < -0.39 is 11.7 Å². The second kappa shape index (κ2) is 8.13. The molecule has 114 valence electrons. The molecular weight excluding hydrogens is 264 g/mol. The van der Waals surface area contributed by atoms with Crippen LogP contribution >= 0.6 is 0 Å². The lowest BCUT2D eigenvalue weighted by Crippen LogP contribution is -2.38. The lowest BCUT2D eigenvalue weighted by Gasteiger charge is -2.18. The molecule has 0 atom stereocenters. The van der Waals surface area contributed by atoms with Gasteiger partial charge in [0.05, 0.1) is 18.8 Å². The molecule has 0 heterocycles. The van der Waals surface area contributed by atoms with Crippen LogP contribution in [0.1, 0.15) is 34.6 Å². The summed E-state index contributed by atoms with van der Waals surface area (Å²) in [6.45, 7) is 8.13. The van der Waals surface area contributed by atoms with Crippen LogP contribution in [0.5, 0.6) is 0 Å². The Morgan fingerprint density at radius 2 is 1.45 bits per heavy atom. The molecule has 0 aromatic carbocycles. The number of nitrogens with one attached hydrogen (secondary N) is 3. The monoisotopic (exact) mass is 286 g/mol. The first-order valence-corrected chi connectivity index (χ1v) is 6.13. The van der Waals surface area contributed by atoms with E-state index in [1.165, 1.54) is 13.8 Å². The zero-order valence-electron chi connectivity index (χ0n) is 12.5. The molecule has 8 heteroatoms. The van der Waals surface area contributed by atoms with E-state index in [-0.39, 0.29) is 24.9 Å². The molecule has 0 saturated carbocycles. The Morgan fingerprint density at radius 3 is 1.80 bits per heavy atom. The molecule has 0 aliphatic heterocycles. The summed E-state index contributed by atoms with van der Waals surface area (Å²) in [5.41, 5.74) is 1.97. The standard InChI is InChI=1S/C12H22N4O4/c1-8(17)13-6-10(7-14-9(2)18)15-16-11(19)20-12(3,4)5/h6-7H2,1-5H3,(H,13,17)(H,14,18)(H,16,19). The quantitative estimate of drug-likeness (QED) is 0.493. The Balaban J connectivity index is 4.49. The molecule has 3 N–H and O–H groups in total. The van der Waals surface area contributed by atoms with Gasteiger partial charge < -0.3 is 15.4 Å². The van der Waals surface area contributed by atoms with Crippen LogP contribution in [0.25, 0.3) is 0 Å². The highest BCUT2D eigenvalue weighted by Crippen LogP contribution is 2.06. The number of nitrogens with zero attached hydrogens (tertiary/aromatic N) is 1. The molecule has 0 saturated heterocycles. The molecule has 0 aliphatic carbocycles. The Morgan fingerprint density at radius 1 is 1.00 bits per heavy atom. The number of hydrogen-bond acceptors (Lipinski definition) is 5. The molecule has 0 radical (unpaired) electrons. The third-order valence-corrected chi connectivity index (χ3v) is 1.79. The van der Waals surface area contributed by atoms with Gasteiger partial charge >= 0.3 is 6.09 Å². The first-order chi connectivity index (χ1) is 9.10. The zero-order valence-corrected chi connectivity index (χ0v) is 12.5. The van der Waals surface area contributed by atoms with Crippen molar-refractivity contribution in [2.24, 2.45) is 5.10 Å². The van der Waals surface area contributed by atoms with E-state index in [9.17, 15) is 14.4 Å². The predicted molar refractivity (Wildman–Crippen MR) is 74.2 cm³/mol. The fourth-order valence-corrected chi connectivity index (χ4v) is 1.02. The van der Waals surface area contributed by atoms with Crippen LogP contribution in [0, 0.1) is 0 Å². The maximum atomic E-state index is 11.4. The highest BCUT2D eigenvalue weighted by atomic mass is 16.6. The molecule has 0 bridgehead atoms. The van der Waals surface area contributed by atoms with Crippen LogP contribution in [-0.4, -0.2) is 42.3 Å². The Hall–Kier alpha value is -2.12. The highest BCUT2D eigenvalue weighted by molar-refractivity contribution is 5.93. The van der Waals surface area contributed by atoms with Gasteiger partial charge in [-0.25, -0.2) is 10.2 Å². The number of rotatable bonds is 5. The van der Waals surface area contributed by atoms with Gasteiger partial charge in [-0.05, 0) is 20.8 Å². The number of hydrogen-bond donors (Lipinski definition) is 3. The first kappa shape index (κ1) is 17.9. The third-order valence-electron chi connectivity index (χ3n) is 1.79. The summed E-state index contributed by atoms with van der Waals surface area (Å²) in [7, 11) is 0. The van der Waals surface area contributed by atoms with E-state index in [1.807, 2.05) is 0 Å². The van der Waals surface area contributed by atoms with E-state index >= 15 is 0 Å². The number of hydrazone groups is 1. The Kier molecular flexibility index (Phi) is 7.27. The minimum absolute atomic E-state index is 0.116. The lowest BCUT2D eigenvalue weighted by molar-refractivity contribution is -0.119. The summed E-state index contributed by atoms with van der Waals surface area (Å²) >= 11 is 0. The van der Waals surface area contributed by atoms with Gasteiger partial charge in [0.1, 0.15) is 5.60 Å². The third kappa shape index (κ3) is 11.0. The van der Waals surface area contributed by atoms with E-state index in [2.05, 4.69) is 21.2 Å². The largest absolute Gasteiger partial charge is 0.443 e. The fourth-order valence-electron chi connectivity index (χ4n) is 1.02. The van der Waals surface area contributed by atoms with Crippen molar-refractivity contribution >= 4 is 23.6 Å². The average Bonchev–Trinajstić information content (AvgIpc) is 2.24. The molecule has 20 heavy (non-hydrogen) atoms. The van der Waals surface area contributed by atoms with Crippen LogP contribution in [0.3, 0.4) is 0 Å². The van der Waals surface area contributed by atoms with Gasteiger partial charge in [-0.2, -0.15) is 5.10 Å². The number of carbonyl (C=O) groups excluding carboxylic acids is 3. The first-order valence-electron chi connectivity index (χ1n) is 6.13. The number of ether oxygens (including phenoxy) is 1. The van der Waals surface area contributed by atoms with Crippen LogP contribution in [0.15, 0.2) is 5.10 Å². The summed E-state index contributed by atoms with van der Waals surface area (Å²) in [6, 6.07) is 0. The topological polar surface area (TPSA) is 109 Å². The maximum absolute atomic E-state index is 11.4. The fraction of sp³-hybridized carbons (Fsp3) is 0.667. The van der Waals surface area contributed by atoms with Gasteiger partial charge in [0.15, 0.2) is 0 Å². The normalized spacial score (nSPS) is 10.2. The molecule has 0 rings (SSSR count). The summed E-state index contributed by atoms with van der Waals surface area (Å²) in [6.07, 6.45) is -0.708.